The Labute approximate surface area is 120 Å². The molecule has 0 atom stereocenters. The number of carbonyl (C=O) groups is 1. The van der Waals surface area contributed by atoms with Crippen molar-refractivity contribution >= 4 is 5.78 Å². The van der Waals surface area contributed by atoms with Crippen molar-refractivity contribution in [3.63, 3.8) is 0 Å². The van der Waals surface area contributed by atoms with E-state index in [1.165, 1.54) is 51.4 Å². The Kier molecular flexibility index (Phi) is 13.8. The zero-order chi connectivity index (χ0) is 14.3. The van der Waals surface area contributed by atoms with Crippen LogP contribution in [0.5, 0.6) is 0 Å². The summed E-state index contributed by atoms with van der Waals surface area (Å²) in [6.07, 6.45) is 13.8. The minimum atomic E-state index is 0.416. The molecule has 0 rings (SSSR count). The summed E-state index contributed by atoms with van der Waals surface area (Å²) >= 11 is 0. The smallest absolute Gasteiger partial charge is 0.146 e. The molecule has 114 valence electrons. The highest BCUT2D eigenvalue weighted by atomic mass is 16.1. The van der Waals surface area contributed by atoms with Gasteiger partial charge in [0.2, 0.25) is 0 Å². The zero-order valence-corrected chi connectivity index (χ0v) is 13.5. The quantitative estimate of drug-likeness (QED) is 0.421. The van der Waals surface area contributed by atoms with Gasteiger partial charge in [-0.1, -0.05) is 65.2 Å². The first-order valence-electron chi connectivity index (χ1n) is 8.41. The summed E-state index contributed by atoms with van der Waals surface area (Å²) in [5, 5.41) is 0. The van der Waals surface area contributed by atoms with E-state index in [1.807, 2.05) is 7.05 Å². The van der Waals surface area contributed by atoms with Gasteiger partial charge in [0, 0.05) is 6.42 Å². The molecular weight excluding hydrogens is 234 g/mol. The Morgan fingerprint density at radius 1 is 0.789 bits per heavy atom. The van der Waals surface area contributed by atoms with Gasteiger partial charge in [0.25, 0.3) is 0 Å². The van der Waals surface area contributed by atoms with Crippen LogP contribution in [0.15, 0.2) is 0 Å². The van der Waals surface area contributed by atoms with Crippen molar-refractivity contribution in [1.29, 1.82) is 0 Å². The average molecular weight is 269 g/mol. The van der Waals surface area contributed by atoms with Crippen LogP contribution < -0.4 is 0 Å². The number of rotatable bonds is 14. The maximum absolute atomic E-state index is 11.7. The second-order valence-corrected chi connectivity index (χ2v) is 5.85. The fraction of sp³-hybridized carbons (Fsp3) is 0.941. The summed E-state index contributed by atoms with van der Waals surface area (Å²) in [7, 11) is 2.04. The number of unbranched alkanes of at least 4 members (excludes halogenated alkanes) is 8. The Morgan fingerprint density at radius 3 is 1.84 bits per heavy atom. The van der Waals surface area contributed by atoms with Gasteiger partial charge in [0.05, 0.1) is 6.54 Å². The van der Waals surface area contributed by atoms with Crippen molar-refractivity contribution in [2.45, 2.75) is 84.5 Å². The molecule has 2 nitrogen and oxygen atoms in total. The van der Waals surface area contributed by atoms with Gasteiger partial charge in [-0.2, -0.15) is 0 Å². The summed E-state index contributed by atoms with van der Waals surface area (Å²) in [5.74, 6) is 0.416. The number of nitrogens with zero attached hydrogens (tertiary/aromatic N) is 1. The number of hydrogen-bond donors (Lipinski definition) is 0. The minimum Gasteiger partial charge on any atom is -0.299 e. The van der Waals surface area contributed by atoms with Crippen molar-refractivity contribution in [3.05, 3.63) is 0 Å². The van der Waals surface area contributed by atoms with Gasteiger partial charge in [-0.15, -0.1) is 0 Å². The van der Waals surface area contributed by atoms with Crippen LogP contribution in [0.2, 0.25) is 0 Å². The van der Waals surface area contributed by atoms with Gasteiger partial charge in [-0.25, -0.2) is 0 Å². The third-order valence-electron chi connectivity index (χ3n) is 3.61. The van der Waals surface area contributed by atoms with Crippen LogP contribution in [0, 0.1) is 0 Å². The standard InChI is InChI=1S/C17H35NO/c1-4-6-7-8-9-10-11-12-13-14-17(19)16-18(3)15-5-2/h4-16H2,1-3H3. The van der Waals surface area contributed by atoms with E-state index in [9.17, 15) is 4.79 Å². The number of Topliss-reactive ketones (excluding diaryl/α,β-unsaturated/α-hetero) is 1. The van der Waals surface area contributed by atoms with E-state index in [0.29, 0.717) is 12.3 Å². The van der Waals surface area contributed by atoms with Gasteiger partial charge in [0.15, 0.2) is 0 Å². The molecule has 0 saturated carbocycles. The van der Waals surface area contributed by atoms with E-state index in [0.717, 1.165) is 25.8 Å². The second-order valence-electron chi connectivity index (χ2n) is 5.85. The first kappa shape index (κ1) is 18.6. The summed E-state index contributed by atoms with van der Waals surface area (Å²) in [5.41, 5.74) is 0. The minimum absolute atomic E-state index is 0.416. The van der Waals surface area contributed by atoms with Crippen LogP contribution in [-0.2, 0) is 4.79 Å². The molecule has 19 heavy (non-hydrogen) atoms. The van der Waals surface area contributed by atoms with Crippen molar-refractivity contribution in [1.82, 2.24) is 4.90 Å². The van der Waals surface area contributed by atoms with Crippen LogP contribution in [0.25, 0.3) is 0 Å². The molecule has 0 aromatic rings. The highest BCUT2D eigenvalue weighted by molar-refractivity contribution is 5.80. The number of carbonyl (C=O) groups excluding carboxylic acids is 1. The Balaban J connectivity index is 3.23. The predicted octanol–water partition coefficient (Wildman–Crippen LogP) is 4.82. The largest absolute Gasteiger partial charge is 0.299 e. The van der Waals surface area contributed by atoms with Crippen molar-refractivity contribution in [2.75, 3.05) is 20.1 Å². The maximum Gasteiger partial charge on any atom is 0.146 e. The third kappa shape index (κ3) is 13.9. The molecule has 0 amide bonds. The lowest BCUT2D eigenvalue weighted by atomic mass is 10.1. The predicted molar refractivity (Wildman–Crippen MR) is 84.6 cm³/mol. The van der Waals surface area contributed by atoms with Crippen LogP contribution in [0.1, 0.15) is 84.5 Å². The van der Waals surface area contributed by atoms with Crippen LogP contribution in [0.4, 0.5) is 0 Å². The lowest BCUT2D eigenvalue weighted by Crippen LogP contribution is -2.26. The van der Waals surface area contributed by atoms with Gasteiger partial charge in [0.1, 0.15) is 5.78 Å². The summed E-state index contributed by atoms with van der Waals surface area (Å²) in [6.45, 7) is 6.09. The van der Waals surface area contributed by atoms with Gasteiger partial charge in [-0.05, 0) is 26.4 Å². The molecular formula is C17H35NO. The fourth-order valence-electron chi connectivity index (χ4n) is 2.47. The molecule has 0 unspecified atom stereocenters. The Hall–Kier alpha value is -0.370. The molecule has 0 fully saturated rings. The van der Waals surface area contributed by atoms with E-state index < -0.39 is 0 Å². The van der Waals surface area contributed by atoms with E-state index in [1.54, 1.807) is 0 Å². The second kappa shape index (κ2) is 14.0. The van der Waals surface area contributed by atoms with E-state index in [-0.39, 0.29) is 0 Å². The highest BCUT2D eigenvalue weighted by Gasteiger charge is 2.05. The topological polar surface area (TPSA) is 20.3 Å². The first-order chi connectivity index (χ1) is 9.20. The molecule has 0 aromatic carbocycles. The summed E-state index contributed by atoms with van der Waals surface area (Å²) in [6, 6.07) is 0. The van der Waals surface area contributed by atoms with E-state index in [2.05, 4.69) is 18.7 Å². The van der Waals surface area contributed by atoms with Gasteiger partial charge >= 0.3 is 0 Å². The van der Waals surface area contributed by atoms with Crippen molar-refractivity contribution in [3.8, 4) is 0 Å². The normalized spacial score (nSPS) is 11.2. The van der Waals surface area contributed by atoms with E-state index in [4.69, 9.17) is 0 Å². The van der Waals surface area contributed by atoms with Crippen molar-refractivity contribution in [2.24, 2.45) is 0 Å². The average Bonchev–Trinajstić information content (AvgIpc) is 2.37. The molecule has 0 radical (unpaired) electrons. The number of hydrogen-bond acceptors (Lipinski definition) is 2. The number of likely N-dealkylation sites (N-methyl/N-ethyl adjacent to an activating group) is 1. The highest BCUT2D eigenvalue weighted by Crippen LogP contribution is 2.10. The lowest BCUT2D eigenvalue weighted by Gasteiger charge is -2.13. The van der Waals surface area contributed by atoms with Crippen LogP contribution in [0.3, 0.4) is 0 Å². The molecule has 0 N–H and O–H groups in total. The number of ketones is 1. The Morgan fingerprint density at radius 2 is 1.32 bits per heavy atom. The molecule has 2 heteroatoms. The van der Waals surface area contributed by atoms with E-state index >= 15 is 0 Å². The first-order valence-corrected chi connectivity index (χ1v) is 8.41. The van der Waals surface area contributed by atoms with Gasteiger partial charge < -0.3 is 0 Å². The van der Waals surface area contributed by atoms with Crippen molar-refractivity contribution < 1.29 is 4.79 Å². The zero-order valence-electron chi connectivity index (χ0n) is 13.5. The van der Waals surface area contributed by atoms with Crippen LogP contribution >= 0.6 is 0 Å². The fourth-order valence-corrected chi connectivity index (χ4v) is 2.47. The summed E-state index contributed by atoms with van der Waals surface area (Å²) in [4.78, 5) is 13.8. The SMILES string of the molecule is CCCCCCCCCCCC(=O)CN(C)CCC. The molecule has 0 aliphatic carbocycles. The van der Waals surface area contributed by atoms with Gasteiger partial charge in [-0.3, -0.25) is 9.69 Å². The molecule has 0 bridgehead atoms. The third-order valence-corrected chi connectivity index (χ3v) is 3.61. The Bertz CT molecular complexity index is 203. The molecule has 0 aliphatic heterocycles. The van der Waals surface area contributed by atoms with Crippen LogP contribution in [-0.4, -0.2) is 30.8 Å². The summed E-state index contributed by atoms with van der Waals surface area (Å²) < 4.78 is 0. The maximum atomic E-state index is 11.7. The molecule has 0 saturated heterocycles. The monoisotopic (exact) mass is 269 g/mol. The molecule has 0 spiro atoms. The molecule has 0 aliphatic rings. The molecule has 0 heterocycles. The lowest BCUT2D eigenvalue weighted by molar-refractivity contribution is -0.120. The molecule has 0 aromatic heterocycles.